The predicted molar refractivity (Wildman–Crippen MR) is 79.3 cm³/mol. The van der Waals surface area contributed by atoms with E-state index < -0.39 is 0 Å². The topological polar surface area (TPSA) is 47.4 Å². The number of ketones is 1. The molecule has 1 heterocycles. The standard InChI is InChI=1S/C13H23N3O2S/c1-10(2)19-9-11(17)13-12(18-5)8-14-16(13)7-6-15(3)4/h8,10H,6-7,9H2,1-5H3. The minimum atomic E-state index is 0.0757. The largest absolute Gasteiger partial charge is 0.493 e. The third kappa shape index (κ3) is 4.87. The lowest BCUT2D eigenvalue weighted by atomic mass is 10.3. The molecule has 0 fully saturated rings. The van der Waals surface area contributed by atoms with Gasteiger partial charge < -0.3 is 9.64 Å². The Kier molecular flexibility index (Phi) is 6.37. The van der Waals surface area contributed by atoms with Crippen molar-refractivity contribution in [2.75, 3.05) is 33.5 Å². The van der Waals surface area contributed by atoms with Gasteiger partial charge in [0.2, 0.25) is 0 Å². The van der Waals surface area contributed by atoms with E-state index >= 15 is 0 Å². The molecule has 0 aromatic carbocycles. The highest BCUT2D eigenvalue weighted by atomic mass is 32.2. The van der Waals surface area contributed by atoms with Crippen LogP contribution in [0.5, 0.6) is 5.75 Å². The summed E-state index contributed by atoms with van der Waals surface area (Å²) in [5, 5.41) is 4.68. The molecule has 0 unspecified atom stereocenters. The van der Waals surface area contributed by atoms with Crippen LogP contribution in [0.3, 0.4) is 0 Å². The molecule has 0 spiro atoms. The van der Waals surface area contributed by atoms with E-state index in [1.54, 1.807) is 29.8 Å². The van der Waals surface area contributed by atoms with Crippen molar-refractivity contribution in [3.05, 3.63) is 11.9 Å². The van der Waals surface area contributed by atoms with E-state index in [0.717, 1.165) is 6.54 Å². The number of Topliss-reactive ketones (excluding diaryl/α,β-unsaturated/α-hetero) is 1. The molecule has 108 valence electrons. The maximum Gasteiger partial charge on any atom is 0.194 e. The van der Waals surface area contributed by atoms with Crippen LogP contribution in [0.1, 0.15) is 24.3 Å². The molecule has 0 amide bonds. The third-order valence-corrected chi connectivity index (χ3v) is 3.69. The predicted octanol–water partition coefficient (Wildman–Crippen LogP) is 1.78. The van der Waals surface area contributed by atoms with Gasteiger partial charge in [0.05, 0.1) is 25.6 Å². The Morgan fingerprint density at radius 3 is 2.74 bits per heavy atom. The van der Waals surface area contributed by atoms with Crippen molar-refractivity contribution in [1.29, 1.82) is 0 Å². The van der Waals surface area contributed by atoms with Crippen molar-refractivity contribution in [2.24, 2.45) is 0 Å². The fourth-order valence-corrected chi connectivity index (χ4v) is 2.20. The van der Waals surface area contributed by atoms with Gasteiger partial charge in [-0.15, -0.1) is 0 Å². The molecule has 19 heavy (non-hydrogen) atoms. The lowest BCUT2D eigenvalue weighted by Crippen LogP contribution is -2.22. The number of rotatable bonds is 8. The van der Waals surface area contributed by atoms with Gasteiger partial charge in [-0.05, 0) is 19.3 Å². The van der Waals surface area contributed by atoms with E-state index in [2.05, 4.69) is 23.8 Å². The van der Waals surface area contributed by atoms with Crippen LogP contribution in [0.4, 0.5) is 0 Å². The van der Waals surface area contributed by atoms with E-state index in [1.807, 2.05) is 14.1 Å². The highest BCUT2D eigenvalue weighted by Crippen LogP contribution is 2.21. The fraction of sp³-hybridized carbons (Fsp3) is 0.692. The summed E-state index contributed by atoms with van der Waals surface area (Å²) in [6, 6.07) is 0. The molecule has 0 saturated heterocycles. The smallest absolute Gasteiger partial charge is 0.194 e. The van der Waals surface area contributed by atoms with Gasteiger partial charge in [0.25, 0.3) is 0 Å². The SMILES string of the molecule is COc1cnn(CCN(C)C)c1C(=O)CSC(C)C. The second kappa shape index (κ2) is 7.55. The number of ether oxygens (including phenoxy) is 1. The maximum absolute atomic E-state index is 12.3. The average molecular weight is 285 g/mol. The summed E-state index contributed by atoms with van der Waals surface area (Å²) in [6.45, 7) is 5.68. The summed E-state index contributed by atoms with van der Waals surface area (Å²) in [6.07, 6.45) is 1.61. The first kappa shape index (κ1) is 16.0. The molecule has 1 aromatic heterocycles. The van der Waals surface area contributed by atoms with Gasteiger partial charge in [0.1, 0.15) is 5.69 Å². The van der Waals surface area contributed by atoms with Crippen LogP contribution >= 0.6 is 11.8 Å². The van der Waals surface area contributed by atoms with Gasteiger partial charge in [-0.2, -0.15) is 16.9 Å². The van der Waals surface area contributed by atoms with Crippen LogP contribution in [0.2, 0.25) is 0 Å². The molecule has 0 radical (unpaired) electrons. The van der Waals surface area contributed by atoms with E-state index in [9.17, 15) is 4.79 Å². The number of aromatic nitrogens is 2. The summed E-state index contributed by atoms with van der Waals surface area (Å²) < 4.78 is 6.97. The van der Waals surface area contributed by atoms with E-state index in [-0.39, 0.29) is 5.78 Å². The summed E-state index contributed by atoms with van der Waals surface area (Å²) >= 11 is 1.63. The van der Waals surface area contributed by atoms with E-state index in [1.165, 1.54) is 0 Å². The Labute approximate surface area is 119 Å². The van der Waals surface area contributed by atoms with Crippen LogP contribution in [-0.2, 0) is 6.54 Å². The lowest BCUT2D eigenvalue weighted by Gasteiger charge is -2.12. The molecule has 1 aromatic rings. The number of thioether (sulfide) groups is 1. The van der Waals surface area contributed by atoms with Crippen LogP contribution < -0.4 is 4.74 Å². The second-order valence-electron chi connectivity index (χ2n) is 4.87. The van der Waals surface area contributed by atoms with Gasteiger partial charge in [0, 0.05) is 6.54 Å². The molecule has 6 heteroatoms. The number of carbonyl (C=O) groups is 1. The van der Waals surface area contributed by atoms with Gasteiger partial charge in [0.15, 0.2) is 11.5 Å². The van der Waals surface area contributed by atoms with Crippen molar-refractivity contribution >= 4 is 17.5 Å². The van der Waals surface area contributed by atoms with Crippen molar-refractivity contribution in [3.8, 4) is 5.75 Å². The Morgan fingerprint density at radius 1 is 1.53 bits per heavy atom. The van der Waals surface area contributed by atoms with Crippen LogP contribution in [0.15, 0.2) is 6.20 Å². The van der Waals surface area contributed by atoms with Crippen LogP contribution in [0, 0.1) is 0 Å². The number of nitrogens with zero attached hydrogens (tertiary/aromatic N) is 3. The second-order valence-corrected chi connectivity index (χ2v) is 6.44. The Bertz CT molecular complexity index is 416. The first-order valence-corrected chi connectivity index (χ1v) is 7.40. The molecule has 5 nitrogen and oxygen atoms in total. The zero-order valence-electron chi connectivity index (χ0n) is 12.3. The zero-order chi connectivity index (χ0) is 14.4. The van der Waals surface area contributed by atoms with Gasteiger partial charge in [-0.1, -0.05) is 13.8 Å². The molecule has 0 N–H and O–H groups in total. The Morgan fingerprint density at radius 2 is 2.21 bits per heavy atom. The highest BCUT2D eigenvalue weighted by molar-refractivity contribution is 8.00. The summed E-state index contributed by atoms with van der Waals surface area (Å²) in [7, 11) is 5.56. The van der Waals surface area contributed by atoms with E-state index in [4.69, 9.17) is 4.74 Å². The van der Waals surface area contributed by atoms with E-state index in [0.29, 0.717) is 29.0 Å². The normalized spacial score (nSPS) is 11.3. The molecule has 1 rings (SSSR count). The van der Waals surface area contributed by atoms with Gasteiger partial charge in [-0.3, -0.25) is 9.48 Å². The molecule has 0 aliphatic heterocycles. The third-order valence-electron chi connectivity index (χ3n) is 2.60. The highest BCUT2D eigenvalue weighted by Gasteiger charge is 2.19. The Balaban J connectivity index is 2.82. The number of methoxy groups -OCH3 is 1. The Hall–Kier alpha value is -1.01. The average Bonchev–Trinajstić information content (AvgIpc) is 2.76. The fourth-order valence-electron chi connectivity index (χ4n) is 1.57. The lowest BCUT2D eigenvalue weighted by molar-refractivity contribution is 0.100. The number of likely N-dealkylation sites (N-methyl/N-ethyl adjacent to an activating group) is 1. The van der Waals surface area contributed by atoms with Crippen molar-refractivity contribution in [3.63, 3.8) is 0 Å². The molecule has 0 saturated carbocycles. The number of hydrogen-bond acceptors (Lipinski definition) is 5. The molecular formula is C13H23N3O2S. The molecule has 0 aliphatic carbocycles. The summed E-state index contributed by atoms with van der Waals surface area (Å²) in [5.41, 5.74) is 0.581. The monoisotopic (exact) mass is 285 g/mol. The van der Waals surface area contributed by atoms with Crippen molar-refractivity contribution in [1.82, 2.24) is 14.7 Å². The van der Waals surface area contributed by atoms with Crippen LogP contribution in [-0.4, -0.2) is 59.2 Å². The first-order chi connectivity index (χ1) is 8.95. The molecule has 0 aliphatic rings. The first-order valence-electron chi connectivity index (χ1n) is 6.35. The minimum Gasteiger partial charge on any atom is -0.493 e. The minimum absolute atomic E-state index is 0.0757. The van der Waals surface area contributed by atoms with Gasteiger partial charge in [-0.25, -0.2) is 0 Å². The number of hydrogen-bond donors (Lipinski definition) is 0. The summed E-state index contributed by atoms with van der Waals surface area (Å²) in [5.74, 6) is 1.10. The summed E-state index contributed by atoms with van der Waals surface area (Å²) in [4.78, 5) is 14.3. The number of carbonyl (C=O) groups excluding carboxylic acids is 1. The van der Waals surface area contributed by atoms with Crippen molar-refractivity contribution in [2.45, 2.75) is 25.6 Å². The van der Waals surface area contributed by atoms with Gasteiger partial charge >= 0.3 is 0 Å². The molecular weight excluding hydrogens is 262 g/mol. The quantitative estimate of drug-likeness (QED) is 0.681. The van der Waals surface area contributed by atoms with Crippen molar-refractivity contribution < 1.29 is 9.53 Å². The van der Waals surface area contributed by atoms with Crippen LogP contribution in [0.25, 0.3) is 0 Å². The maximum atomic E-state index is 12.3. The molecule has 0 atom stereocenters. The zero-order valence-corrected chi connectivity index (χ0v) is 13.2. The molecule has 0 bridgehead atoms.